The topological polar surface area (TPSA) is 165 Å². The molecule has 0 bridgehead atoms. The van der Waals surface area contributed by atoms with Crippen molar-refractivity contribution in [3.8, 4) is 0 Å². The standard InChI is InChI=1S/C29H52N6O7S/c1-19(2)12-14-34(17-24(36)31-22-10-8-20(9-11-22)27-32-33-29(41-27)43-4)25(37)18-35(15-13-26(38)42-30)28(39)21-6-5-7-23(16-21)40-3/h19-23,27,29,32-33H,5-18,30H2,1-4H3,(H,31,36). The average molecular weight is 629 g/mol. The molecule has 0 aromatic rings. The maximum atomic E-state index is 13.6. The van der Waals surface area contributed by atoms with Crippen LogP contribution in [0.1, 0.15) is 78.1 Å². The van der Waals surface area contributed by atoms with Crippen LogP contribution in [0.4, 0.5) is 0 Å². The first-order valence-corrected chi connectivity index (χ1v) is 16.9. The van der Waals surface area contributed by atoms with Gasteiger partial charge in [-0.1, -0.05) is 20.3 Å². The van der Waals surface area contributed by atoms with Crippen molar-refractivity contribution in [1.29, 1.82) is 0 Å². The zero-order valence-corrected chi connectivity index (χ0v) is 27.0. The van der Waals surface area contributed by atoms with Gasteiger partial charge in [-0.3, -0.25) is 19.2 Å². The summed E-state index contributed by atoms with van der Waals surface area (Å²) in [6.45, 7) is 4.22. The number of rotatable bonds is 15. The highest BCUT2D eigenvalue weighted by Gasteiger charge is 2.35. The zero-order chi connectivity index (χ0) is 31.4. The third kappa shape index (κ3) is 11.5. The number of carbonyl (C=O) groups excluding carboxylic acids is 4. The molecule has 246 valence electrons. The number of ether oxygens (including phenoxy) is 2. The number of carbonyl (C=O) groups is 4. The van der Waals surface area contributed by atoms with Gasteiger partial charge >= 0.3 is 5.97 Å². The summed E-state index contributed by atoms with van der Waals surface area (Å²) in [6, 6.07) is 0.0388. The van der Waals surface area contributed by atoms with E-state index in [0.29, 0.717) is 31.2 Å². The monoisotopic (exact) mass is 628 g/mol. The van der Waals surface area contributed by atoms with E-state index in [1.165, 1.54) is 9.80 Å². The smallest absolute Gasteiger partial charge is 0.326 e. The molecule has 3 aliphatic rings. The highest BCUT2D eigenvalue weighted by atomic mass is 32.2. The van der Waals surface area contributed by atoms with Crippen LogP contribution < -0.4 is 22.1 Å². The van der Waals surface area contributed by atoms with E-state index < -0.39 is 5.97 Å². The first-order valence-electron chi connectivity index (χ1n) is 15.6. The fraction of sp³-hybridized carbons (Fsp3) is 0.862. The fourth-order valence-corrected chi connectivity index (χ4v) is 6.49. The van der Waals surface area contributed by atoms with E-state index in [1.54, 1.807) is 18.9 Å². The van der Waals surface area contributed by atoms with E-state index in [2.05, 4.69) is 34.9 Å². The first kappa shape index (κ1) is 35.5. The average Bonchev–Trinajstić information content (AvgIpc) is 3.50. The minimum atomic E-state index is -0.662. The molecule has 0 aromatic carbocycles. The van der Waals surface area contributed by atoms with Crippen molar-refractivity contribution in [3.05, 3.63) is 0 Å². The van der Waals surface area contributed by atoms with Gasteiger partial charge in [-0.05, 0) is 69.5 Å². The van der Waals surface area contributed by atoms with Gasteiger partial charge in [-0.15, -0.1) is 11.8 Å². The lowest BCUT2D eigenvalue weighted by atomic mass is 9.85. The van der Waals surface area contributed by atoms with E-state index in [9.17, 15) is 19.2 Å². The van der Waals surface area contributed by atoms with E-state index in [1.807, 2.05) is 6.26 Å². The van der Waals surface area contributed by atoms with Crippen LogP contribution in [-0.4, -0.2) is 97.0 Å². The normalized spacial score (nSPS) is 27.5. The number of thioether (sulfide) groups is 1. The minimum Gasteiger partial charge on any atom is -0.381 e. The maximum Gasteiger partial charge on any atom is 0.326 e. The van der Waals surface area contributed by atoms with Gasteiger partial charge in [-0.2, -0.15) is 5.90 Å². The molecule has 5 N–H and O–H groups in total. The highest BCUT2D eigenvalue weighted by molar-refractivity contribution is 7.99. The van der Waals surface area contributed by atoms with Crippen LogP contribution in [0.2, 0.25) is 0 Å². The summed E-state index contributed by atoms with van der Waals surface area (Å²) in [5, 5.41) is 3.13. The van der Waals surface area contributed by atoms with Crippen LogP contribution >= 0.6 is 11.8 Å². The Morgan fingerprint density at radius 2 is 1.77 bits per heavy atom. The number of nitrogens with zero attached hydrogens (tertiary/aromatic N) is 2. The second-order valence-corrected chi connectivity index (χ2v) is 13.2. The Labute approximate surface area is 259 Å². The summed E-state index contributed by atoms with van der Waals surface area (Å²) >= 11 is 1.60. The lowest BCUT2D eigenvalue weighted by Gasteiger charge is -2.34. The number of methoxy groups -OCH3 is 1. The molecule has 0 spiro atoms. The third-order valence-electron chi connectivity index (χ3n) is 8.72. The molecule has 0 radical (unpaired) electrons. The van der Waals surface area contributed by atoms with Crippen LogP contribution in [0.25, 0.3) is 0 Å². The van der Waals surface area contributed by atoms with Gasteiger partial charge in [0.1, 0.15) is 6.23 Å². The summed E-state index contributed by atoms with van der Waals surface area (Å²) in [4.78, 5) is 59.4. The fourth-order valence-electron chi connectivity index (χ4n) is 6.07. The molecule has 3 fully saturated rings. The van der Waals surface area contributed by atoms with Crippen molar-refractivity contribution in [2.45, 2.75) is 102 Å². The van der Waals surface area contributed by atoms with E-state index in [0.717, 1.165) is 44.9 Å². The van der Waals surface area contributed by atoms with Gasteiger partial charge in [0.25, 0.3) is 0 Å². The summed E-state index contributed by atoms with van der Waals surface area (Å²) in [5.41, 5.74) is 6.30. The van der Waals surface area contributed by atoms with Crippen molar-refractivity contribution in [2.75, 3.05) is 39.5 Å². The zero-order valence-electron chi connectivity index (χ0n) is 26.2. The summed E-state index contributed by atoms with van der Waals surface area (Å²) in [5.74, 6) is 4.02. The first-order chi connectivity index (χ1) is 20.6. The second kappa shape index (κ2) is 18.1. The molecule has 1 aliphatic heterocycles. The van der Waals surface area contributed by atoms with Crippen molar-refractivity contribution in [1.82, 2.24) is 26.0 Å². The lowest BCUT2D eigenvalue weighted by molar-refractivity contribution is -0.149. The van der Waals surface area contributed by atoms with Gasteiger partial charge in [0.15, 0.2) is 5.56 Å². The molecule has 1 saturated heterocycles. The van der Waals surface area contributed by atoms with Gasteiger partial charge in [0.2, 0.25) is 17.7 Å². The molecule has 4 atom stereocenters. The molecule has 1 heterocycles. The number of amides is 3. The summed E-state index contributed by atoms with van der Waals surface area (Å²) in [7, 11) is 1.64. The molecule has 3 amide bonds. The SMILES string of the molecule is COC1CCCC(C(=O)N(CCC(=O)ON)CC(=O)N(CCC(C)C)CC(=O)NC2CCC(C3NNC(SC)O3)CC2)C1. The number of nitrogens with two attached hydrogens (primary N) is 1. The molecule has 2 aliphatic carbocycles. The molecule has 13 nitrogen and oxygen atoms in total. The van der Waals surface area contributed by atoms with E-state index in [4.69, 9.17) is 15.4 Å². The Morgan fingerprint density at radius 1 is 1.02 bits per heavy atom. The molecular formula is C29H52N6O7S. The predicted molar refractivity (Wildman–Crippen MR) is 163 cm³/mol. The summed E-state index contributed by atoms with van der Waals surface area (Å²) < 4.78 is 11.5. The molecule has 0 aromatic heterocycles. The molecule has 4 unspecified atom stereocenters. The predicted octanol–water partition coefficient (Wildman–Crippen LogP) is 1.47. The Kier molecular flexibility index (Phi) is 15.0. The van der Waals surface area contributed by atoms with Crippen LogP contribution in [-0.2, 0) is 33.5 Å². The van der Waals surface area contributed by atoms with Crippen LogP contribution in [0.3, 0.4) is 0 Å². The second-order valence-electron chi connectivity index (χ2n) is 12.3. The Balaban J connectivity index is 1.58. The molecule has 3 rings (SSSR count). The Hall–Kier alpha value is -1.97. The van der Waals surface area contributed by atoms with Gasteiger partial charge in [0, 0.05) is 32.2 Å². The van der Waals surface area contributed by atoms with Crippen molar-refractivity contribution in [2.24, 2.45) is 23.7 Å². The number of hydrogen-bond donors (Lipinski definition) is 4. The van der Waals surface area contributed by atoms with Gasteiger partial charge in [-0.25, -0.2) is 10.9 Å². The minimum absolute atomic E-state index is 0.00892. The van der Waals surface area contributed by atoms with Crippen LogP contribution in [0.15, 0.2) is 0 Å². The quantitative estimate of drug-likeness (QED) is 0.194. The maximum absolute atomic E-state index is 13.6. The number of hydrogen-bond acceptors (Lipinski definition) is 11. The van der Waals surface area contributed by atoms with Gasteiger partial charge in [0.05, 0.1) is 25.6 Å². The largest absolute Gasteiger partial charge is 0.381 e. The third-order valence-corrected chi connectivity index (χ3v) is 9.38. The van der Waals surface area contributed by atoms with Crippen molar-refractivity contribution < 1.29 is 33.5 Å². The lowest BCUT2D eigenvalue weighted by Crippen LogP contribution is -2.50. The number of nitrogens with one attached hydrogen (secondary N) is 3. The van der Waals surface area contributed by atoms with Crippen LogP contribution in [0, 0.1) is 17.8 Å². The number of hydrazine groups is 1. The molecule has 43 heavy (non-hydrogen) atoms. The van der Waals surface area contributed by atoms with Crippen molar-refractivity contribution >= 4 is 35.5 Å². The van der Waals surface area contributed by atoms with Gasteiger partial charge < -0.3 is 29.4 Å². The van der Waals surface area contributed by atoms with E-state index >= 15 is 0 Å². The molecular weight excluding hydrogens is 576 g/mol. The van der Waals surface area contributed by atoms with E-state index in [-0.39, 0.29) is 73.6 Å². The Morgan fingerprint density at radius 3 is 2.40 bits per heavy atom. The molecule has 14 heteroatoms. The van der Waals surface area contributed by atoms with Crippen molar-refractivity contribution in [3.63, 3.8) is 0 Å². The Bertz CT molecular complexity index is 920. The molecule has 2 saturated carbocycles. The summed E-state index contributed by atoms with van der Waals surface area (Å²) in [6.07, 6.45) is 9.07. The van der Waals surface area contributed by atoms with Crippen LogP contribution in [0.5, 0.6) is 0 Å². The highest BCUT2D eigenvalue weighted by Crippen LogP contribution is 2.30.